The number of pyridine rings is 2. The zero-order chi connectivity index (χ0) is 41.9. The number of imide groups is 1. The Bertz CT molecular complexity index is 2220. The Balaban J connectivity index is 0.824. The number of fused-ring (bicyclic) bond motifs is 1. The minimum absolute atomic E-state index is 0.120. The van der Waals surface area contributed by atoms with Crippen LogP contribution in [0.2, 0.25) is 0 Å². The molecule has 312 valence electrons. The number of alkyl halides is 1. The molecule has 2 aliphatic heterocycles. The topological polar surface area (TPSA) is 168 Å². The van der Waals surface area contributed by atoms with Crippen LogP contribution in [0.1, 0.15) is 69.1 Å². The van der Waals surface area contributed by atoms with Crippen LogP contribution in [-0.4, -0.2) is 102 Å². The van der Waals surface area contributed by atoms with Crippen molar-refractivity contribution in [3.8, 4) is 6.07 Å². The molecule has 2 aromatic heterocycles. The maximum Gasteiger partial charge on any atom is 0.259 e. The quantitative estimate of drug-likeness (QED) is 0.132. The van der Waals surface area contributed by atoms with E-state index in [-0.39, 0.29) is 59.8 Å². The summed E-state index contributed by atoms with van der Waals surface area (Å²) in [5.74, 6) is 0.583. The van der Waals surface area contributed by atoms with Gasteiger partial charge >= 0.3 is 0 Å². The number of anilines is 1. The molecule has 2 N–H and O–H groups in total. The Morgan fingerprint density at radius 2 is 1.75 bits per heavy atom. The van der Waals surface area contributed by atoms with Crippen molar-refractivity contribution in [3.05, 3.63) is 93.8 Å². The van der Waals surface area contributed by atoms with Crippen LogP contribution in [0.15, 0.2) is 76.9 Å². The lowest BCUT2D eigenvalue weighted by Crippen LogP contribution is -2.73. The first kappa shape index (κ1) is 42.1. The van der Waals surface area contributed by atoms with Crippen LogP contribution >= 0.6 is 11.6 Å². The molecule has 1 aromatic carbocycles. The third-order valence-electron chi connectivity index (χ3n) is 12.1. The number of piperazine rings is 1. The number of piperidine rings is 1. The number of carbonyl (C=O) groups excluding carboxylic acids is 3. The highest BCUT2D eigenvalue weighted by Crippen LogP contribution is 2.56. The highest BCUT2D eigenvalue weighted by Gasteiger charge is 2.64. The number of allylic oxidation sites excluding steroid dienone is 4. The van der Waals surface area contributed by atoms with Gasteiger partial charge in [-0.3, -0.25) is 34.0 Å². The molecule has 0 spiro atoms. The number of rotatable bonds is 14. The molecule has 3 fully saturated rings. The van der Waals surface area contributed by atoms with Crippen molar-refractivity contribution < 1.29 is 28.6 Å². The summed E-state index contributed by atoms with van der Waals surface area (Å²) in [5.41, 5.74) is 0.628. The van der Waals surface area contributed by atoms with E-state index in [2.05, 4.69) is 59.2 Å². The van der Waals surface area contributed by atoms with Crippen LogP contribution in [0.5, 0.6) is 0 Å². The van der Waals surface area contributed by atoms with Gasteiger partial charge in [0.25, 0.3) is 11.5 Å². The average molecular weight is 826 g/mol. The molecular formula is C44H52ClN7O7. The summed E-state index contributed by atoms with van der Waals surface area (Å²) in [6, 6.07) is 14.0. The number of ether oxygens (including phenoxy) is 3. The zero-order valence-corrected chi connectivity index (χ0v) is 34.8. The van der Waals surface area contributed by atoms with Crippen molar-refractivity contribution in [2.75, 3.05) is 57.4 Å². The van der Waals surface area contributed by atoms with Crippen LogP contribution in [0.3, 0.4) is 0 Å². The van der Waals surface area contributed by atoms with Gasteiger partial charge in [0, 0.05) is 85.3 Å². The van der Waals surface area contributed by atoms with Crippen LogP contribution < -0.4 is 21.1 Å². The van der Waals surface area contributed by atoms with E-state index >= 15 is 0 Å². The summed E-state index contributed by atoms with van der Waals surface area (Å²) in [6.45, 7) is 13.8. The van der Waals surface area contributed by atoms with Crippen molar-refractivity contribution in [2.24, 2.45) is 10.8 Å². The summed E-state index contributed by atoms with van der Waals surface area (Å²) < 4.78 is 19.7. The predicted molar refractivity (Wildman–Crippen MR) is 223 cm³/mol. The maximum absolute atomic E-state index is 13.5. The average Bonchev–Trinajstić information content (AvgIpc) is 3.22. The Hall–Kier alpha value is -5.07. The fourth-order valence-corrected chi connectivity index (χ4v) is 9.48. The lowest BCUT2D eigenvalue weighted by atomic mass is 9.49. The minimum Gasteiger partial charge on any atom is -0.493 e. The van der Waals surface area contributed by atoms with Gasteiger partial charge in [0.2, 0.25) is 11.8 Å². The molecule has 1 saturated carbocycles. The number of nitrogens with zero attached hydrogens (tertiary/aromatic N) is 5. The molecule has 2 unspecified atom stereocenters. The number of hydrogen-bond acceptors (Lipinski definition) is 11. The van der Waals surface area contributed by atoms with E-state index in [9.17, 15) is 24.4 Å². The third-order valence-corrected chi connectivity index (χ3v) is 12.5. The predicted octanol–water partition coefficient (Wildman–Crippen LogP) is 4.62. The second-order valence-corrected chi connectivity index (χ2v) is 17.4. The monoisotopic (exact) mass is 825 g/mol. The van der Waals surface area contributed by atoms with Crippen molar-refractivity contribution in [1.82, 2.24) is 25.1 Å². The highest BCUT2D eigenvalue weighted by molar-refractivity contribution is 6.23. The van der Waals surface area contributed by atoms with E-state index in [1.165, 1.54) is 4.57 Å². The van der Waals surface area contributed by atoms with E-state index in [4.69, 9.17) is 25.8 Å². The number of carbonyl (C=O) groups is 3. The summed E-state index contributed by atoms with van der Waals surface area (Å²) in [6.07, 6.45) is 5.90. The number of aromatic nitrogens is 2. The van der Waals surface area contributed by atoms with Gasteiger partial charge in [-0.25, -0.2) is 4.98 Å². The van der Waals surface area contributed by atoms with E-state index in [1.807, 2.05) is 36.4 Å². The molecule has 3 amide bonds. The van der Waals surface area contributed by atoms with E-state index < -0.39 is 17.3 Å². The summed E-state index contributed by atoms with van der Waals surface area (Å²) in [7, 11) is 0. The van der Waals surface area contributed by atoms with Gasteiger partial charge in [0.15, 0.2) is 0 Å². The lowest BCUT2D eigenvalue weighted by Gasteiger charge is -2.63. The van der Waals surface area contributed by atoms with E-state index in [0.29, 0.717) is 48.5 Å². The Morgan fingerprint density at radius 1 is 1.00 bits per heavy atom. The van der Waals surface area contributed by atoms with E-state index in [1.54, 1.807) is 24.4 Å². The van der Waals surface area contributed by atoms with Crippen LogP contribution in [-0.2, 0) is 30.4 Å². The van der Waals surface area contributed by atoms with Gasteiger partial charge < -0.3 is 24.4 Å². The van der Waals surface area contributed by atoms with E-state index in [0.717, 1.165) is 49.7 Å². The smallest absolute Gasteiger partial charge is 0.259 e. The molecule has 15 heteroatoms. The van der Waals surface area contributed by atoms with Gasteiger partial charge in [0.1, 0.15) is 18.0 Å². The fourth-order valence-electron chi connectivity index (χ4n) is 9.21. The molecular weight excluding hydrogens is 774 g/mol. The van der Waals surface area contributed by atoms with Crippen LogP contribution in [0.25, 0.3) is 10.8 Å². The highest BCUT2D eigenvalue weighted by atomic mass is 35.5. The lowest BCUT2D eigenvalue weighted by molar-refractivity contribution is -0.191. The number of hydrogen-bond donors (Lipinski definition) is 2. The minimum atomic E-state index is -0.777. The van der Waals surface area contributed by atoms with Gasteiger partial charge in [0.05, 0.1) is 49.2 Å². The van der Waals surface area contributed by atoms with Gasteiger partial charge in [-0.05, 0) is 48.2 Å². The number of halogens is 1. The zero-order valence-electron chi connectivity index (χ0n) is 34.0. The second kappa shape index (κ2) is 17.6. The second-order valence-electron chi connectivity index (χ2n) is 16.8. The SMILES string of the molecule is CC1(C)C(NC(=O)c2ccc(N3CCN(CCOCCOCc4cc5ccccc5c(=O)n4C4CCC(=O)NC4=O)CC3)nc2)C(C)(C)C1OC1=CC=C(C#N)C(Cl)C1. The van der Waals surface area contributed by atoms with Gasteiger partial charge in [-0.15, -0.1) is 11.6 Å². The van der Waals surface area contributed by atoms with Crippen molar-refractivity contribution in [1.29, 1.82) is 5.26 Å². The Kier molecular flexibility index (Phi) is 12.6. The number of amides is 3. The van der Waals surface area contributed by atoms with Crippen LogP contribution in [0, 0.1) is 22.2 Å². The third kappa shape index (κ3) is 8.94. The number of nitrogens with one attached hydrogen (secondary N) is 2. The van der Waals surface area contributed by atoms with Crippen LogP contribution in [0.4, 0.5) is 5.82 Å². The largest absolute Gasteiger partial charge is 0.493 e. The number of benzene rings is 1. The standard InChI is InChI=1S/C44H52ClN7O7/c1-43(2)41(44(3,4)42(43)59-32-11-9-29(25-46)34(45)24-32)49-38(54)30-10-13-36(47-26-30)51-17-15-50(16-18-51)19-20-57-21-22-58-27-31-23-28-7-5-6-8-33(28)40(56)52(31)35-12-14-37(53)48-39(35)55/h5-11,13,23,26,34-35,41-42H,12,14-22,24,27H2,1-4H3,(H,49,54)(H,48,53,55). The molecule has 2 atom stereocenters. The first-order chi connectivity index (χ1) is 28.3. The molecule has 2 saturated heterocycles. The Labute approximate surface area is 349 Å². The molecule has 4 heterocycles. The molecule has 7 rings (SSSR count). The first-order valence-electron chi connectivity index (χ1n) is 20.3. The first-order valence-corrected chi connectivity index (χ1v) is 20.7. The van der Waals surface area contributed by atoms with Crippen molar-refractivity contribution in [2.45, 2.75) is 77.1 Å². The molecule has 0 bridgehead atoms. The summed E-state index contributed by atoms with van der Waals surface area (Å²) in [4.78, 5) is 60.6. The summed E-state index contributed by atoms with van der Waals surface area (Å²) in [5, 5.41) is 15.7. The van der Waals surface area contributed by atoms with Crippen molar-refractivity contribution >= 4 is 45.9 Å². The summed E-state index contributed by atoms with van der Waals surface area (Å²) >= 11 is 6.38. The van der Waals surface area contributed by atoms with Crippen molar-refractivity contribution in [3.63, 3.8) is 0 Å². The maximum atomic E-state index is 13.5. The Morgan fingerprint density at radius 3 is 2.44 bits per heavy atom. The normalized spacial score (nSPS) is 24.0. The molecule has 4 aliphatic rings. The molecule has 3 aromatic rings. The molecule has 2 aliphatic carbocycles. The van der Waals surface area contributed by atoms with Gasteiger partial charge in [-0.2, -0.15) is 5.26 Å². The fraction of sp³-hybridized carbons (Fsp3) is 0.500. The van der Waals surface area contributed by atoms with Gasteiger partial charge in [-0.1, -0.05) is 45.9 Å². The molecule has 14 nitrogen and oxygen atoms in total. The molecule has 59 heavy (non-hydrogen) atoms. The number of nitriles is 1. The molecule has 0 radical (unpaired) electrons.